The van der Waals surface area contributed by atoms with Crippen LogP contribution in [-0.2, 0) is 16.0 Å². The normalized spacial score (nSPS) is 11.9. The van der Waals surface area contributed by atoms with Crippen molar-refractivity contribution >= 4 is 22.7 Å². The van der Waals surface area contributed by atoms with E-state index < -0.39 is 12.1 Å². The first-order chi connectivity index (χ1) is 12.5. The molecule has 0 saturated heterocycles. The lowest BCUT2D eigenvalue weighted by molar-refractivity contribution is -0.146. The lowest BCUT2D eigenvalue weighted by Crippen LogP contribution is -2.24. The van der Waals surface area contributed by atoms with Crippen molar-refractivity contribution in [3.63, 3.8) is 0 Å². The van der Waals surface area contributed by atoms with Crippen LogP contribution in [0.4, 0.5) is 0 Å². The second-order valence-corrected chi connectivity index (χ2v) is 5.89. The molecule has 0 bridgehead atoms. The molecule has 1 aromatic heterocycles. The molecule has 0 radical (unpaired) electrons. The van der Waals surface area contributed by atoms with Crippen molar-refractivity contribution in [3.8, 4) is 0 Å². The molecule has 1 N–H and O–H groups in total. The van der Waals surface area contributed by atoms with Gasteiger partial charge in [-0.05, 0) is 19.1 Å². The highest BCUT2D eigenvalue weighted by Crippen LogP contribution is 2.09. The van der Waals surface area contributed by atoms with Crippen molar-refractivity contribution in [2.75, 3.05) is 0 Å². The van der Waals surface area contributed by atoms with Gasteiger partial charge in [0.2, 0.25) is 5.78 Å². The van der Waals surface area contributed by atoms with E-state index in [-0.39, 0.29) is 24.2 Å². The molecule has 0 fully saturated rings. The van der Waals surface area contributed by atoms with Gasteiger partial charge >= 0.3 is 5.97 Å². The van der Waals surface area contributed by atoms with Crippen molar-refractivity contribution in [1.29, 1.82) is 0 Å². The predicted molar refractivity (Wildman–Crippen MR) is 97.0 cm³/mol. The SMILES string of the molecule is CC(OC(=O)CCc1nc2ccccc2c(=O)[nH]1)C(=O)c1ccccc1. The Morgan fingerprint density at radius 3 is 2.54 bits per heavy atom. The summed E-state index contributed by atoms with van der Waals surface area (Å²) in [6, 6.07) is 15.7. The van der Waals surface area contributed by atoms with Crippen molar-refractivity contribution in [2.45, 2.75) is 25.9 Å². The number of aromatic amines is 1. The minimum atomic E-state index is -0.867. The molecule has 0 amide bonds. The number of nitrogens with one attached hydrogen (secondary N) is 1. The zero-order valence-electron chi connectivity index (χ0n) is 14.3. The molecule has 26 heavy (non-hydrogen) atoms. The molecule has 2 aromatic carbocycles. The summed E-state index contributed by atoms with van der Waals surface area (Å²) in [5, 5.41) is 0.501. The third-order valence-electron chi connectivity index (χ3n) is 3.96. The Hall–Kier alpha value is -3.28. The van der Waals surface area contributed by atoms with E-state index in [0.717, 1.165) is 0 Å². The van der Waals surface area contributed by atoms with Gasteiger partial charge in [-0.1, -0.05) is 42.5 Å². The number of hydrogen-bond acceptors (Lipinski definition) is 5. The Morgan fingerprint density at radius 2 is 1.77 bits per heavy atom. The van der Waals surface area contributed by atoms with Gasteiger partial charge < -0.3 is 9.72 Å². The summed E-state index contributed by atoms with van der Waals surface area (Å²) in [6.45, 7) is 1.55. The summed E-state index contributed by atoms with van der Waals surface area (Å²) in [4.78, 5) is 43.2. The van der Waals surface area contributed by atoms with Gasteiger partial charge in [0.15, 0.2) is 6.10 Å². The van der Waals surface area contributed by atoms with Crippen LogP contribution in [0.15, 0.2) is 59.4 Å². The Morgan fingerprint density at radius 1 is 1.08 bits per heavy atom. The summed E-state index contributed by atoms with van der Waals surface area (Å²) in [6.07, 6.45) is -0.618. The van der Waals surface area contributed by atoms with Gasteiger partial charge in [-0.2, -0.15) is 0 Å². The van der Waals surface area contributed by atoms with E-state index in [1.165, 1.54) is 0 Å². The molecule has 0 spiro atoms. The fourth-order valence-corrected chi connectivity index (χ4v) is 2.62. The maximum absolute atomic E-state index is 12.2. The molecule has 1 atom stereocenters. The molecule has 0 saturated carbocycles. The molecule has 0 aliphatic rings. The highest BCUT2D eigenvalue weighted by atomic mass is 16.5. The van der Waals surface area contributed by atoms with Crippen LogP contribution in [0, 0.1) is 0 Å². The Labute approximate surface area is 149 Å². The van der Waals surface area contributed by atoms with Crippen molar-refractivity contribution in [1.82, 2.24) is 9.97 Å². The number of esters is 1. The number of fused-ring (bicyclic) bond motifs is 1. The molecule has 6 heteroatoms. The quantitative estimate of drug-likeness (QED) is 0.545. The number of carbonyl (C=O) groups excluding carboxylic acids is 2. The fourth-order valence-electron chi connectivity index (χ4n) is 2.62. The summed E-state index contributed by atoms with van der Waals surface area (Å²) in [5.41, 5.74) is 0.826. The number of Topliss-reactive ketones (excluding diaryl/α,β-unsaturated/α-hetero) is 1. The average Bonchev–Trinajstić information content (AvgIpc) is 2.66. The molecule has 1 heterocycles. The van der Waals surface area contributed by atoms with E-state index in [9.17, 15) is 14.4 Å². The number of ketones is 1. The molecule has 3 rings (SSSR count). The highest BCUT2D eigenvalue weighted by molar-refractivity contribution is 6.00. The van der Waals surface area contributed by atoms with Gasteiger partial charge in [-0.25, -0.2) is 4.98 Å². The number of H-pyrrole nitrogens is 1. The van der Waals surface area contributed by atoms with Crippen molar-refractivity contribution in [3.05, 3.63) is 76.3 Å². The number of carbonyl (C=O) groups is 2. The first-order valence-electron chi connectivity index (χ1n) is 8.31. The molecular weight excluding hydrogens is 332 g/mol. The molecule has 0 aliphatic heterocycles. The smallest absolute Gasteiger partial charge is 0.306 e. The van der Waals surface area contributed by atoms with Gasteiger partial charge in [0.25, 0.3) is 5.56 Å². The average molecular weight is 350 g/mol. The van der Waals surface area contributed by atoms with E-state index in [1.807, 2.05) is 6.07 Å². The van der Waals surface area contributed by atoms with E-state index in [2.05, 4.69) is 9.97 Å². The number of ether oxygens (including phenoxy) is 1. The molecular formula is C20H18N2O4. The number of aromatic nitrogens is 2. The van der Waals surface area contributed by atoms with E-state index in [4.69, 9.17) is 4.74 Å². The monoisotopic (exact) mass is 350 g/mol. The first-order valence-corrected chi connectivity index (χ1v) is 8.31. The van der Waals surface area contributed by atoms with Crippen molar-refractivity contribution in [2.24, 2.45) is 0 Å². The standard InChI is InChI=1S/C20H18N2O4/c1-13(19(24)14-7-3-2-4-8-14)26-18(23)12-11-17-21-16-10-6-5-9-15(16)20(25)22-17/h2-10,13H,11-12H2,1H3,(H,21,22,25). The lowest BCUT2D eigenvalue weighted by Gasteiger charge is -2.12. The number of benzene rings is 2. The second-order valence-electron chi connectivity index (χ2n) is 5.89. The van der Waals surface area contributed by atoms with Crippen LogP contribution in [0.1, 0.15) is 29.5 Å². The molecule has 132 valence electrons. The largest absolute Gasteiger partial charge is 0.454 e. The third-order valence-corrected chi connectivity index (χ3v) is 3.96. The van der Waals surface area contributed by atoms with Gasteiger partial charge in [0, 0.05) is 12.0 Å². The minimum Gasteiger partial charge on any atom is -0.454 e. The zero-order chi connectivity index (χ0) is 18.5. The Bertz CT molecular complexity index is 995. The second kappa shape index (κ2) is 7.74. The zero-order valence-corrected chi connectivity index (χ0v) is 14.3. The van der Waals surface area contributed by atoms with Gasteiger partial charge in [-0.3, -0.25) is 14.4 Å². The Kier molecular flexibility index (Phi) is 5.22. The van der Waals surface area contributed by atoms with Gasteiger partial charge in [-0.15, -0.1) is 0 Å². The van der Waals surface area contributed by atoms with Crippen LogP contribution in [0.25, 0.3) is 10.9 Å². The number of nitrogens with zero attached hydrogens (tertiary/aromatic N) is 1. The van der Waals surface area contributed by atoms with Crippen LogP contribution in [0.2, 0.25) is 0 Å². The summed E-state index contributed by atoms with van der Waals surface area (Å²) < 4.78 is 5.20. The molecule has 0 aliphatic carbocycles. The van der Waals surface area contributed by atoms with Crippen LogP contribution in [0.3, 0.4) is 0 Å². The first kappa shape index (κ1) is 17.5. The third kappa shape index (κ3) is 4.03. The van der Waals surface area contributed by atoms with E-state index in [0.29, 0.717) is 22.3 Å². The fraction of sp³-hybridized carbons (Fsp3) is 0.200. The molecule has 6 nitrogen and oxygen atoms in total. The van der Waals surface area contributed by atoms with Crippen LogP contribution in [0.5, 0.6) is 0 Å². The maximum Gasteiger partial charge on any atom is 0.306 e. The van der Waals surface area contributed by atoms with Crippen molar-refractivity contribution < 1.29 is 14.3 Å². The van der Waals surface area contributed by atoms with Gasteiger partial charge in [0.05, 0.1) is 17.3 Å². The summed E-state index contributed by atoms with van der Waals surface area (Å²) in [5.74, 6) is -0.360. The molecule has 3 aromatic rings. The lowest BCUT2D eigenvalue weighted by atomic mass is 10.1. The predicted octanol–water partition coefficient (Wildman–Crippen LogP) is 2.67. The van der Waals surface area contributed by atoms with Gasteiger partial charge in [0.1, 0.15) is 5.82 Å². The number of aryl methyl sites for hydroxylation is 1. The summed E-state index contributed by atoms with van der Waals surface area (Å²) in [7, 11) is 0. The number of rotatable bonds is 6. The van der Waals surface area contributed by atoms with E-state index >= 15 is 0 Å². The maximum atomic E-state index is 12.2. The topological polar surface area (TPSA) is 89.1 Å². The van der Waals surface area contributed by atoms with Crippen LogP contribution < -0.4 is 5.56 Å². The minimum absolute atomic E-state index is 0.0215. The number of hydrogen-bond donors (Lipinski definition) is 1. The van der Waals surface area contributed by atoms with Crippen LogP contribution >= 0.6 is 0 Å². The summed E-state index contributed by atoms with van der Waals surface area (Å²) >= 11 is 0. The Balaban J connectivity index is 1.60. The molecule has 1 unspecified atom stereocenters. The van der Waals surface area contributed by atoms with Crippen LogP contribution in [-0.4, -0.2) is 27.8 Å². The number of para-hydroxylation sites is 1. The highest BCUT2D eigenvalue weighted by Gasteiger charge is 2.19. The van der Waals surface area contributed by atoms with E-state index in [1.54, 1.807) is 55.5 Å².